The average molecular weight is 584 g/mol. The van der Waals surface area contributed by atoms with Crippen LogP contribution >= 0.6 is 0 Å². The molecule has 0 aliphatic heterocycles. The van der Waals surface area contributed by atoms with Crippen molar-refractivity contribution in [3.05, 3.63) is 24.3 Å². The molecular weight excluding hydrogens is 518 g/mol. The minimum Gasteiger partial charge on any atom is -0.747 e. The quantitative estimate of drug-likeness (QED) is 0.0510. The number of unbranched alkanes of at least 4 members (excludes halogenated alkanes) is 8. The maximum atomic E-state index is 10.9. The van der Waals surface area contributed by atoms with Gasteiger partial charge in [-0.3, -0.25) is 14.4 Å². The van der Waals surface area contributed by atoms with E-state index >= 15 is 0 Å². The molecule has 7 heteroatoms. The molecule has 40 heavy (non-hydrogen) atoms. The van der Waals surface area contributed by atoms with Gasteiger partial charge in [-0.15, -0.1) is 0 Å². The van der Waals surface area contributed by atoms with Gasteiger partial charge in [-0.1, -0.05) is 110 Å². The van der Waals surface area contributed by atoms with E-state index in [1.165, 1.54) is 116 Å². The third-order valence-electron chi connectivity index (χ3n) is 8.12. The van der Waals surface area contributed by atoms with E-state index < -0.39 is 14.9 Å². The van der Waals surface area contributed by atoms with Crippen molar-refractivity contribution in [2.45, 2.75) is 137 Å². The van der Waals surface area contributed by atoms with Crippen LogP contribution in [0, 0.1) is 5.92 Å². The monoisotopic (exact) mass is 583 g/mol. The number of rotatable bonds is 19. The van der Waals surface area contributed by atoms with Crippen molar-refractivity contribution in [3.8, 4) is 0 Å². The SMILES string of the molecule is CC1C=CC=CC1(C)S(=O)(=O)[O-].CCCCCN(CCCCC)C(N(CC)CC)=[N+](CCCCC)CCCCC. The first-order valence-electron chi connectivity index (χ1n) is 16.5. The van der Waals surface area contributed by atoms with Crippen LogP contribution in [0.25, 0.3) is 0 Å². The molecule has 236 valence electrons. The summed E-state index contributed by atoms with van der Waals surface area (Å²) in [6.45, 7) is 24.2. The maximum absolute atomic E-state index is 10.9. The predicted molar refractivity (Wildman–Crippen MR) is 173 cm³/mol. The Morgan fingerprint density at radius 1 is 0.750 bits per heavy atom. The summed E-state index contributed by atoms with van der Waals surface area (Å²) >= 11 is 0. The Balaban J connectivity index is 0.00000104. The van der Waals surface area contributed by atoms with Gasteiger partial charge in [-0.25, -0.2) is 8.42 Å². The summed E-state index contributed by atoms with van der Waals surface area (Å²) in [4.78, 5) is 5.39. The summed E-state index contributed by atoms with van der Waals surface area (Å²) in [5.41, 5.74) is 0. The van der Waals surface area contributed by atoms with E-state index in [1.807, 2.05) is 0 Å². The van der Waals surface area contributed by atoms with Crippen LogP contribution in [0.5, 0.6) is 0 Å². The van der Waals surface area contributed by atoms with Crippen LogP contribution in [0.2, 0.25) is 0 Å². The lowest BCUT2D eigenvalue weighted by Crippen LogP contribution is -2.51. The Bertz CT molecular complexity index is 812. The third-order valence-corrected chi connectivity index (χ3v) is 9.70. The molecule has 0 fully saturated rings. The molecule has 1 rings (SSSR count). The Hall–Kier alpha value is -1.34. The molecular formula is C33H65N3O3S. The first-order valence-corrected chi connectivity index (χ1v) is 17.9. The fraction of sp³-hybridized carbons (Fsp3) is 0.848. The fourth-order valence-corrected chi connectivity index (χ4v) is 5.85. The smallest absolute Gasteiger partial charge is 0.350 e. The van der Waals surface area contributed by atoms with Gasteiger partial charge in [0.2, 0.25) is 0 Å². The van der Waals surface area contributed by atoms with Gasteiger partial charge in [0.1, 0.15) is 10.1 Å². The van der Waals surface area contributed by atoms with Crippen molar-refractivity contribution in [1.29, 1.82) is 0 Å². The molecule has 0 bridgehead atoms. The van der Waals surface area contributed by atoms with Gasteiger partial charge in [-0.2, -0.15) is 0 Å². The van der Waals surface area contributed by atoms with Crippen molar-refractivity contribution >= 4 is 16.1 Å². The molecule has 6 nitrogen and oxygen atoms in total. The normalized spacial score (nSPS) is 18.3. The van der Waals surface area contributed by atoms with Gasteiger partial charge in [0.05, 0.1) is 44.0 Å². The first kappa shape index (κ1) is 38.7. The van der Waals surface area contributed by atoms with Crippen molar-refractivity contribution < 1.29 is 17.5 Å². The molecule has 0 saturated heterocycles. The van der Waals surface area contributed by atoms with Crippen molar-refractivity contribution in [2.24, 2.45) is 5.92 Å². The standard InChI is InChI=1S/C25H54N3.C8H12O3S/c1-7-13-17-21-27(22-18-14-8-2)25(26(11-5)12-6)28(23-19-15-9-3)24-20-16-10-4;1-7-5-3-4-6-8(7,2)12(9,10)11/h7-24H2,1-6H3;3-7H,1-2H3,(H,9,10,11)/q+1;/p-1. The molecule has 0 saturated carbocycles. The molecule has 0 aromatic carbocycles. The first-order chi connectivity index (χ1) is 19.1. The third kappa shape index (κ3) is 14.0. The number of guanidine groups is 1. The van der Waals surface area contributed by atoms with E-state index in [4.69, 9.17) is 0 Å². The molecule has 0 spiro atoms. The molecule has 0 aromatic rings. The zero-order valence-corrected chi connectivity index (χ0v) is 28.4. The molecule has 2 atom stereocenters. The maximum Gasteiger partial charge on any atom is 0.350 e. The van der Waals surface area contributed by atoms with E-state index in [9.17, 15) is 13.0 Å². The van der Waals surface area contributed by atoms with Crippen LogP contribution in [0.4, 0.5) is 0 Å². The van der Waals surface area contributed by atoms with Gasteiger partial charge < -0.3 is 4.55 Å². The van der Waals surface area contributed by atoms with Crippen molar-refractivity contribution in [3.63, 3.8) is 0 Å². The predicted octanol–water partition coefficient (Wildman–Crippen LogP) is 7.81. The summed E-state index contributed by atoms with van der Waals surface area (Å²) in [5, 5.41) is 0. The highest BCUT2D eigenvalue weighted by molar-refractivity contribution is 7.87. The second kappa shape index (κ2) is 22.3. The zero-order chi connectivity index (χ0) is 30.4. The lowest BCUT2D eigenvalue weighted by Gasteiger charge is -2.35. The van der Waals surface area contributed by atoms with E-state index in [-0.39, 0.29) is 5.92 Å². The van der Waals surface area contributed by atoms with Gasteiger partial charge in [0.15, 0.2) is 0 Å². The Morgan fingerprint density at radius 3 is 1.55 bits per heavy atom. The molecule has 0 aromatic heterocycles. The lowest BCUT2D eigenvalue weighted by molar-refractivity contribution is -0.539. The summed E-state index contributed by atoms with van der Waals surface area (Å²) < 4.78 is 34.1. The fourth-order valence-electron chi connectivity index (χ4n) is 5.07. The van der Waals surface area contributed by atoms with Crippen molar-refractivity contribution in [1.82, 2.24) is 9.80 Å². The van der Waals surface area contributed by atoms with Gasteiger partial charge >= 0.3 is 5.96 Å². The summed E-state index contributed by atoms with van der Waals surface area (Å²) in [6.07, 6.45) is 22.4. The van der Waals surface area contributed by atoms with Crippen LogP contribution in [-0.4, -0.2) is 77.3 Å². The molecule has 1 aliphatic rings. The molecule has 0 amide bonds. The molecule has 0 radical (unpaired) electrons. The van der Waals surface area contributed by atoms with Crippen LogP contribution in [0.3, 0.4) is 0 Å². The zero-order valence-electron chi connectivity index (χ0n) is 27.6. The summed E-state index contributed by atoms with van der Waals surface area (Å²) in [5.74, 6) is 1.29. The van der Waals surface area contributed by atoms with Crippen LogP contribution in [0.15, 0.2) is 24.3 Å². The van der Waals surface area contributed by atoms with Crippen LogP contribution in [0.1, 0.15) is 132 Å². The Kier molecular flexibility index (Phi) is 21.5. The van der Waals surface area contributed by atoms with E-state index in [0.717, 1.165) is 13.1 Å². The topological polar surface area (TPSA) is 66.7 Å². The molecule has 1 aliphatic carbocycles. The van der Waals surface area contributed by atoms with Crippen molar-refractivity contribution in [2.75, 3.05) is 39.3 Å². The molecule has 0 heterocycles. The number of allylic oxidation sites excluding steroid dienone is 3. The Morgan fingerprint density at radius 2 is 1.20 bits per heavy atom. The summed E-state index contributed by atoms with van der Waals surface area (Å²) in [6, 6.07) is 0. The molecule has 0 N–H and O–H groups in total. The Labute approximate surface area is 249 Å². The minimum atomic E-state index is -4.26. The number of hydrogen-bond acceptors (Lipinski definition) is 3. The van der Waals surface area contributed by atoms with Crippen LogP contribution in [-0.2, 0) is 10.1 Å². The number of nitrogens with zero attached hydrogens (tertiary/aromatic N) is 3. The highest BCUT2D eigenvalue weighted by atomic mass is 32.2. The largest absolute Gasteiger partial charge is 0.747 e. The second-order valence-electron chi connectivity index (χ2n) is 11.4. The van der Waals surface area contributed by atoms with Crippen LogP contribution < -0.4 is 0 Å². The lowest BCUT2D eigenvalue weighted by atomic mass is 9.91. The van der Waals surface area contributed by atoms with Gasteiger partial charge in [0, 0.05) is 0 Å². The highest BCUT2D eigenvalue weighted by Gasteiger charge is 2.35. The second-order valence-corrected chi connectivity index (χ2v) is 13.2. The highest BCUT2D eigenvalue weighted by Crippen LogP contribution is 2.30. The van der Waals surface area contributed by atoms with E-state index in [1.54, 1.807) is 31.1 Å². The molecule has 2 unspecified atom stereocenters. The van der Waals surface area contributed by atoms with Gasteiger partial charge in [0.25, 0.3) is 0 Å². The summed E-state index contributed by atoms with van der Waals surface area (Å²) in [7, 11) is -4.26. The average Bonchev–Trinajstić information content (AvgIpc) is 2.92. The van der Waals surface area contributed by atoms with E-state index in [0.29, 0.717) is 0 Å². The van der Waals surface area contributed by atoms with E-state index in [2.05, 4.69) is 55.9 Å². The minimum absolute atomic E-state index is 0.259. The van der Waals surface area contributed by atoms with Gasteiger partial charge in [-0.05, 0) is 52.4 Å². The number of hydrogen-bond donors (Lipinski definition) is 0.